The smallest absolute Gasteiger partial charge is 0.242 e. The Labute approximate surface area is 176 Å². The Balaban J connectivity index is 1.37. The fourth-order valence-electron chi connectivity index (χ4n) is 4.00. The van der Waals surface area contributed by atoms with Crippen molar-refractivity contribution in [3.05, 3.63) is 66.0 Å². The van der Waals surface area contributed by atoms with Gasteiger partial charge in [-0.2, -0.15) is 0 Å². The van der Waals surface area contributed by atoms with Crippen molar-refractivity contribution < 1.29 is 9.59 Å². The van der Waals surface area contributed by atoms with Gasteiger partial charge in [0.05, 0.1) is 11.0 Å². The first-order chi connectivity index (χ1) is 14.7. The van der Waals surface area contributed by atoms with Crippen molar-refractivity contribution in [2.75, 3.05) is 19.6 Å². The van der Waals surface area contributed by atoms with Gasteiger partial charge in [-0.05, 0) is 37.0 Å². The van der Waals surface area contributed by atoms with E-state index >= 15 is 0 Å². The summed E-state index contributed by atoms with van der Waals surface area (Å²) in [6.07, 6.45) is 3.96. The van der Waals surface area contributed by atoms with Gasteiger partial charge in [0.25, 0.3) is 0 Å². The second-order valence-corrected chi connectivity index (χ2v) is 7.78. The molecule has 30 heavy (non-hydrogen) atoms. The molecule has 0 saturated carbocycles. The third kappa shape index (κ3) is 4.87. The van der Waals surface area contributed by atoms with Crippen LogP contribution in [-0.4, -0.2) is 45.9 Å². The summed E-state index contributed by atoms with van der Waals surface area (Å²) in [5.41, 5.74) is 3.02. The van der Waals surface area contributed by atoms with Crippen molar-refractivity contribution in [3.8, 4) is 0 Å². The van der Waals surface area contributed by atoms with E-state index in [0.717, 1.165) is 54.8 Å². The molecular weight excluding hydrogens is 376 g/mol. The zero-order valence-corrected chi connectivity index (χ0v) is 17.2. The number of nitrogens with zero attached hydrogens (tertiary/aromatic N) is 3. The van der Waals surface area contributed by atoms with Gasteiger partial charge in [0, 0.05) is 32.5 Å². The van der Waals surface area contributed by atoms with E-state index in [9.17, 15) is 9.59 Å². The van der Waals surface area contributed by atoms with Crippen molar-refractivity contribution in [3.63, 3.8) is 0 Å². The van der Waals surface area contributed by atoms with Crippen LogP contribution in [0.15, 0.2) is 54.6 Å². The van der Waals surface area contributed by atoms with Gasteiger partial charge in [0.15, 0.2) is 0 Å². The number of nitrogens with one attached hydrogen (secondary N) is 1. The Bertz CT molecular complexity index is 1010. The van der Waals surface area contributed by atoms with E-state index in [2.05, 4.69) is 5.32 Å². The Morgan fingerprint density at radius 1 is 0.933 bits per heavy atom. The summed E-state index contributed by atoms with van der Waals surface area (Å²) in [5, 5.41) is 2.99. The first-order valence-corrected chi connectivity index (χ1v) is 10.7. The zero-order chi connectivity index (χ0) is 20.8. The number of imidazole rings is 1. The van der Waals surface area contributed by atoms with Crippen LogP contribution < -0.4 is 5.32 Å². The van der Waals surface area contributed by atoms with E-state index < -0.39 is 0 Å². The molecule has 4 rings (SSSR count). The average Bonchev–Trinajstić information content (AvgIpc) is 3.42. The van der Waals surface area contributed by atoms with Crippen LogP contribution in [0.25, 0.3) is 11.0 Å². The van der Waals surface area contributed by atoms with Gasteiger partial charge in [-0.25, -0.2) is 4.98 Å². The van der Waals surface area contributed by atoms with Crippen LogP contribution in [0.3, 0.4) is 0 Å². The number of carbonyl (C=O) groups excluding carboxylic acids is 2. The number of aryl methyl sites for hydroxylation is 1. The van der Waals surface area contributed by atoms with Gasteiger partial charge in [0.1, 0.15) is 12.4 Å². The molecule has 2 aromatic carbocycles. The second kappa shape index (κ2) is 9.57. The molecule has 3 aromatic rings. The SMILES string of the molecule is O=C(CCc1ccccc1)NCCc1nc2ccccc2n1CC(=O)N1CCCC1. The molecule has 0 spiro atoms. The molecule has 2 heterocycles. The maximum Gasteiger partial charge on any atom is 0.242 e. The number of para-hydroxylation sites is 2. The minimum Gasteiger partial charge on any atom is -0.356 e. The molecule has 1 N–H and O–H groups in total. The molecule has 0 atom stereocenters. The molecular formula is C24H28N4O2. The number of carbonyl (C=O) groups is 2. The third-order valence-electron chi connectivity index (χ3n) is 5.64. The largest absolute Gasteiger partial charge is 0.356 e. The van der Waals surface area contributed by atoms with Gasteiger partial charge in [-0.1, -0.05) is 42.5 Å². The molecule has 0 radical (unpaired) electrons. The number of aromatic nitrogens is 2. The summed E-state index contributed by atoms with van der Waals surface area (Å²) in [5.74, 6) is 1.02. The maximum absolute atomic E-state index is 12.7. The highest BCUT2D eigenvalue weighted by Gasteiger charge is 2.20. The summed E-state index contributed by atoms with van der Waals surface area (Å²) in [7, 11) is 0. The number of amides is 2. The van der Waals surface area contributed by atoms with Crippen LogP contribution in [-0.2, 0) is 29.0 Å². The molecule has 0 aliphatic carbocycles. The molecule has 1 fully saturated rings. The number of hydrogen-bond acceptors (Lipinski definition) is 3. The van der Waals surface area contributed by atoms with Crippen LogP contribution in [0.2, 0.25) is 0 Å². The van der Waals surface area contributed by atoms with Gasteiger partial charge >= 0.3 is 0 Å². The van der Waals surface area contributed by atoms with Crippen molar-refractivity contribution in [1.29, 1.82) is 0 Å². The highest BCUT2D eigenvalue weighted by Crippen LogP contribution is 2.18. The fraction of sp³-hybridized carbons (Fsp3) is 0.375. The van der Waals surface area contributed by atoms with Gasteiger partial charge in [0.2, 0.25) is 11.8 Å². The molecule has 6 heteroatoms. The maximum atomic E-state index is 12.7. The number of fused-ring (bicyclic) bond motifs is 1. The molecule has 1 aromatic heterocycles. The minimum atomic E-state index is 0.0367. The lowest BCUT2D eigenvalue weighted by atomic mass is 10.1. The van der Waals surface area contributed by atoms with E-state index in [4.69, 9.17) is 4.98 Å². The van der Waals surface area contributed by atoms with Gasteiger partial charge in [-0.3, -0.25) is 9.59 Å². The average molecular weight is 405 g/mol. The van der Waals surface area contributed by atoms with Crippen LogP contribution in [0.5, 0.6) is 0 Å². The highest BCUT2D eigenvalue weighted by atomic mass is 16.2. The Kier molecular flexibility index (Phi) is 6.42. The topological polar surface area (TPSA) is 67.2 Å². The Morgan fingerprint density at radius 3 is 2.47 bits per heavy atom. The number of likely N-dealkylation sites (tertiary alicyclic amines) is 1. The zero-order valence-electron chi connectivity index (χ0n) is 17.2. The summed E-state index contributed by atoms with van der Waals surface area (Å²) >= 11 is 0. The normalized spacial score (nSPS) is 13.7. The monoisotopic (exact) mass is 404 g/mol. The molecule has 0 bridgehead atoms. The van der Waals surface area contributed by atoms with Crippen LogP contribution in [0.4, 0.5) is 0 Å². The van der Waals surface area contributed by atoms with Gasteiger partial charge in [-0.15, -0.1) is 0 Å². The number of benzene rings is 2. The van der Waals surface area contributed by atoms with Crippen molar-refractivity contribution >= 4 is 22.8 Å². The Hall–Kier alpha value is -3.15. The molecule has 0 unspecified atom stereocenters. The molecule has 156 valence electrons. The predicted octanol–water partition coefficient (Wildman–Crippen LogP) is 2.95. The van der Waals surface area contributed by atoms with Crippen LogP contribution in [0.1, 0.15) is 30.7 Å². The first kappa shape index (κ1) is 20.1. The van der Waals surface area contributed by atoms with Crippen molar-refractivity contribution in [1.82, 2.24) is 19.8 Å². The lowest BCUT2D eigenvalue weighted by Crippen LogP contribution is -2.32. The first-order valence-electron chi connectivity index (χ1n) is 10.7. The summed E-state index contributed by atoms with van der Waals surface area (Å²) < 4.78 is 2.01. The highest BCUT2D eigenvalue weighted by molar-refractivity contribution is 5.81. The Morgan fingerprint density at radius 2 is 1.67 bits per heavy atom. The predicted molar refractivity (Wildman–Crippen MR) is 117 cm³/mol. The number of hydrogen-bond donors (Lipinski definition) is 1. The van der Waals surface area contributed by atoms with Crippen molar-refractivity contribution in [2.45, 2.75) is 38.6 Å². The van der Waals surface area contributed by atoms with Gasteiger partial charge < -0.3 is 14.8 Å². The quantitative estimate of drug-likeness (QED) is 0.628. The van der Waals surface area contributed by atoms with Crippen LogP contribution >= 0.6 is 0 Å². The second-order valence-electron chi connectivity index (χ2n) is 7.78. The number of rotatable bonds is 8. The molecule has 1 aliphatic heterocycles. The molecule has 6 nitrogen and oxygen atoms in total. The van der Waals surface area contributed by atoms with E-state index in [0.29, 0.717) is 25.9 Å². The van der Waals surface area contributed by atoms with E-state index in [1.54, 1.807) is 0 Å². The lowest BCUT2D eigenvalue weighted by Gasteiger charge is -2.17. The standard InChI is InChI=1S/C24H28N4O2/c29-23(13-12-19-8-2-1-3-9-19)25-15-14-22-26-20-10-4-5-11-21(20)28(22)18-24(30)27-16-6-7-17-27/h1-5,8-11H,6-7,12-18H2,(H,25,29). The van der Waals surface area contributed by atoms with Crippen LogP contribution in [0, 0.1) is 0 Å². The summed E-state index contributed by atoms with van der Waals surface area (Å²) in [6, 6.07) is 17.9. The van der Waals surface area contributed by atoms with E-state index in [-0.39, 0.29) is 11.8 Å². The fourth-order valence-corrected chi connectivity index (χ4v) is 4.00. The third-order valence-corrected chi connectivity index (χ3v) is 5.64. The molecule has 2 amide bonds. The summed E-state index contributed by atoms with van der Waals surface area (Å²) in [6.45, 7) is 2.50. The minimum absolute atomic E-state index is 0.0367. The van der Waals surface area contributed by atoms with Crippen molar-refractivity contribution in [2.24, 2.45) is 0 Å². The van der Waals surface area contributed by atoms with E-state index in [1.165, 1.54) is 0 Å². The van der Waals surface area contributed by atoms with E-state index in [1.807, 2.05) is 64.1 Å². The summed E-state index contributed by atoms with van der Waals surface area (Å²) in [4.78, 5) is 31.6. The lowest BCUT2D eigenvalue weighted by molar-refractivity contribution is -0.130. The molecule has 1 aliphatic rings. The molecule has 1 saturated heterocycles.